The van der Waals surface area contributed by atoms with Crippen molar-refractivity contribution in [2.45, 2.75) is 27.7 Å². The summed E-state index contributed by atoms with van der Waals surface area (Å²) in [5.41, 5.74) is 7.80. The Balaban J connectivity index is 1.63. The molecule has 0 aliphatic rings. The Bertz CT molecular complexity index is 1390. The van der Waals surface area contributed by atoms with Gasteiger partial charge in [0, 0.05) is 43.1 Å². The molecule has 0 atom stereocenters. The van der Waals surface area contributed by atoms with Gasteiger partial charge in [-0.15, -0.1) is 0 Å². The summed E-state index contributed by atoms with van der Waals surface area (Å²) in [6.45, 7) is 12.6. The van der Waals surface area contributed by atoms with E-state index in [1.54, 1.807) is 12.1 Å². The minimum Gasteiger partial charge on any atom is -0.372 e. The molecule has 4 rings (SSSR count). The molecule has 0 N–H and O–H groups in total. The molecule has 0 fully saturated rings. The Kier molecular flexibility index (Phi) is 9.85. The van der Waals surface area contributed by atoms with Crippen molar-refractivity contribution in [1.82, 2.24) is 9.97 Å². The zero-order valence-corrected chi connectivity index (χ0v) is 23.9. The maximum absolute atomic E-state index is 9.19. The van der Waals surface area contributed by atoms with Crippen LogP contribution in [0, 0.1) is 11.3 Å². The predicted octanol–water partition coefficient (Wildman–Crippen LogP) is 8.05. The lowest BCUT2D eigenvalue weighted by molar-refractivity contribution is 0.866. The second-order valence-electron chi connectivity index (χ2n) is 9.42. The minimum atomic E-state index is 0.612. The summed E-state index contributed by atoms with van der Waals surface area (Å²) >= 11 is 0. The Morgan fingerprint density at radius 2 is 1.02 bits per heavy atom. The lowest BCUT2D eigenvalue weighted by Crippen LogP contribution is -2.21. The zero-order valence-electron chi connectivity index (χ0n) is 23.9. The van der Waals surface area contributed by atoms with Crippen LogP contribution in [0.25, 0.3) is 35.7 Å². The van der Waals surface area contributed by atoms with E-state index in [0.717, 1.165) is 54.3 Å². The molecule has 0 unspecified atom stereocenters. The summed E-state index contributed by atoms with van der Waals surface area (Å²) in [5.74, 6) is 0.625. The molecular weight excluding hydrogens is 490 g/mol. The minimum absolute atomic E-state index is 0.612. The van der Waals surface area contributed by atoms with Gasteiger partial charge in [0.1, 0.15) is 0 Å². The topological polar surface area (TPSA) is 56.0 Å². The molecule has 0 saturated heterocycles. The number of nitriles is 1. The molecule has 0 radical (unpaired) electrons. The highest BCUT2D eigenvalue weighted by Gasteiger charge is 2.06. The summed E-state index contributed by atoms with van der Waals surface area (Å²) in [6, 6.07) is 28.7. The number of hydrogen-bond donors (Lipinski definition) is 0. The van der Waals surface area contributed by atoms with Crippen molar-refractivity contribution in [3.8, 4) is 17.5 Å². The molecule has 0 amide bonds. The number of aromatic nitrogens is 2. The highest BCUT2D eigenvalue weighted by Crippen LogP contribution is 2.21. The van der Waals surface area contributed by atoms with Gasteiger partial charge in [0.2, 0.25) is 0 Å². The van der Waals surface area contributed by atoms with Crippen LogP contribution in [0.15, 0.2) is 78.9 Å². The summed E-state index contributed by atoms with van der Waals surface area (Å²) < 4.78 is 0. The van der Waals surface area contributed by atoms with Crippen LogP contribution in [-0.2, 0) is 0 Å². The van der Waals surface area contributed by atoms with Crippen molar-refractivity contribution < 1.29 is 0 Å². The molecule has 0 aliphatic heterocycles. The van der Waals surface area contributed by atoms with Crippen LogP contribution in [-0.4, -0.2) is 36.1 Å². The van der Waals surface area contributed by atoms with E-state index in [1.165, 1.54) is 11.4 Å². The molecule has 5 nitrogen and oxygen atoms in total. The molecule has 1 aromatic heterocycles. The van der Waals surface area contributed by atoms with Gasteiger partial charge in [-0.05, 0) is 106 Å². The van der Waals surface area contributed by atoms with Gasteiger partial charge < -0.3 is 9.80 Å². The first-order chi connectivity index (χ1) is 19.6. The van der Waals surface area contributed by atoms with Crippen molar-refractivity contribution in [3.05, 3.63) is 107 Å². The molecule has 0 aliphatic carbocycles. The van der Waals surface area contributed by atoms with Crippen molar-refractivity contribution in [1.29, 1.82) is 5.26 Å². The maximum Gasteiger partial charge on any atom is 0.160 e. The van der Waals surface area contributed by atoms with Crippen LogP contribution >= 0.6 is 0 Å². The fraction of sp³-hybridized carbons (Fsp3) is 0.229. The molecule has 5 heteroatoms. The van der Waals surface area contributed by atoms with E-state index in [-0.39, 0.29) is 0 Å². The third-order valence-corrected chi connectivity index (χ3v) is 6.97. The fourth-order valence-corrected chi connectivity index (χ4v) is 4.61. The first-order valence-electron chi connectivity index (χ1n) is 14.0. The lowest BCUT2D eigenvalue weighted by Gasteiger charge is -2.20. The highest BCUT2D eigenvalue weighted by molar-refractivity contribution is 5.74. The average molecular weight is 528 g/mol. The third kappa shape index (κ3) is 7.24. The quantitative estimate of drug-likeness (QED) is 0.197. The van der Waals surface area contributed by atoms with Crippen LogP contribution in [0.5, 0.6) is 0 Å². The molecule has 202 valence electrons. The van der Waals surface area contributed by atoms with Crippen molar-refractivity contribution >= 4 is 35.7 Å². The van der Waals surface area contributed by atoms with Gasteiger partial charge in [0.05, 0.1) is 23.0 Å². The van der Waals surface area contributed by atoms with Gasteiger partial charge in [0.15, 0.2) is 5.82 Å². The maximum atomic E-state index is 9.19. The molecular formula is C35H37N5. The van der Waals surface area contributed by atoms with Crippen LogP contribution in [0.2, 0.25) is 0 Å². The van der Waals surface area contributed by atoms with E-state index in [2.05, 4.69) is 104 Å². The molecule has 0 bridgehead atoms. The monoisotopic (exact) mass is 527 g/mol. The molecule has 1 heterocycles. The fourth-order valence-electron chi connectivity index (χ4n) is 4.61. The van der Waals surface area contributed by atoms with Crippen LogP contribution in [0.1, 0.15) is 55.8 Å². The number of nitrogens with zero attached hydrogens (tertiary/aromatic N) is 5. The highest BCUT2D eigenvalue weighted by atomic mass is 15.1. The van der Waals surface area contributed by atoms with Gasteiger partial charge >= 0.3 is 0 Å². The molecule has 4 aromatic rings. The second kappa shape index (κ2) is 13.9. The standard InChI is InChI=1S/C35H37N5/c1-5-39(6-2)33-21-13-27(14-22-33)11-19-31-25-32(38-35(37-31)30-17-9-29(26-36)10-18-30)20-12-28-15-23-34(24-16-28)40(7-3)8-4/h9-25H,5-8H2,1-4H3/b19-11+,20-12+. The Hall–Kier alpha value is -4.69. The van der Waals surface area contributed by atoms with E-state index >= 15 is 0 Å². The number of benzene rings is 3. The Morgan fingerprint density at radius 1 is 0.600 bits per heavy atom. The van der Waals surface area contributed by atoms with Crippen molar-refractivity contribution in [2.75, 3.05) is 36.0 Å². The zero-order chi connectivity index (χ0) is 28.3. The summed E-state index contributed by atoms with van der Waals surface area (Å²) in [5, 5.41) is 9.19. The van der Waals surface area contributed by atoms with Gasteiger partial charge in [-0.25, -0.2) is 9.97 Å². The summed E-state index contributed by atoms with van der Waals surface area (Å²) in [6.07, 6.45) is 8.21. The number of rotatable bonds is 11. The van der Waals surface area contributed by atoms with Crippen LogP contribution < -0.4 is 9.80 Å². The van der Waals surface area contributed by atoms with Crippen LogP contribution in [0.4, 0.5) is 11.4 Å². The molecule has 0 spiro atoms. The van der Waals surface area contributed by atoms with E-state index < -0.39 is 0 Å². The van der Waals surface area contributed by atoms with Crippen molar-refractivity contribution in [3.63, 3.8) is 0 Å². The Labute approximate surface area is 238 Å². The predicted molar refractivity (Wildman–Crippen MR) is 170 cm³/mol. The summed E-state index contributed by atoms with van der Waals surface area (Å²) in [7, 11) is 0. The molecule has 0 saturated carbocycles. The normalized spacial score (nSPS) is 11.2. The average Bonchev–Trinajstić information content (AvgIpc) is 3.01. The molecule has 3 aromatic carbocycles. The van der Waals surface area contributed by atoms with Gasteiger partial charge in [-0.3, -0.25) is 0 Å². The largest absolute Gasteiger partial charge is 0.372 e. The number of hydrogen-bond acceptors (Lipinski definition) is 5. The van der Waals surface area contributed by atoms with Gasteiger partial charge in [-0.1, -0.05) is 36.4 Å². The van der Waals surface area contributed by atoms with Crippen molar-refractivity contribution in [2.24, 2.45) is 0 Å². The number of anilines is 2. The van der Waals surface area contributed by atoms with Gasteiger partial charge in [0.25, 0.3) is 0 Å². The van der Waals surface area contributed by atoms with E-state index in [1.807, 2.05) is 30.4 Å². The lowest BCUT2D eigenvalue weighted by atomic mass is 10.1. The first kappa shape index (κ1) is 28.3. The SMILES string of the molecule is CCN(CC)c1ccc(/C=C/c2cc(/C=C/c3ccc(N(CC)CC)cc3)nc(-c3ccc(C#N)cc3)n2)cc1. The van der Waals surface area contributed by atoms with E-state index in [9.17, 15) is 5.26 Å². The Morgan fingerprint density at radius 3 is 1.40 bits per heavy atom. The van der Waals surface area contributed by atoms with E-state index in [0.29, 0.717) is 11.4 Å². The second-order valence-corrected chi connectivity index (χ2v) is 9.42. The summed E-state index contributed by atoms with van der Waals surface area (Å²) in [4.78, 5) is 14.3. The third-order valence-electron chi connectivity index (χ3n) is 6.97. The first-order valence-corrected chi connectivity index (χ1v) is 14.0. The van der Waals surface area contributed by atoms with Gasteiger partial charge in [-0.2, -0.15) is 5.26 Å². The smallest absolute Gasteiger partial charge is 0.160 e. The van der Waals surface area contributed by atoms with Crippen LogP contribution in [0.3, 0.4) is 0 Å². The van der Waals surface area contributed by atoms with E-state index in [4.69, 9.17) is 9.97 Å². The molecule has 40 heavy (non-hydrogen) atoms.